The molecule has 0 nitrogen and oxygen atoms in total. The first-order chi connectivity index (χ1) is 8.31. The second-order valence-electron chi connectivity index (χ2n) is 4.84. The fourth-order valence-corrected chi connectivity index (χ4v) is 16.9. The van der Waals surface area contributed by atoms with E-state index in [0.29, 0.717) is 2.91 Å². The minimum atomic E-state index is -0.719. The molecule has 0 aromatic heterocycles. The molecule has 2 unspecified atom stereocenters. The van der Waals surface area contributed by atoms with Gasteiger partial charge in [0.05, 0.1) is 0 Å². The molecule has 3 aliphatic rings. The van der Waals surface area contributed by atoms with Crippen molar-refractivity contribution in [3.63, 3.8) is 0 Å². The first-order valence-corrected chi connectivity index (χ1v) is 11.4. The molecule has 1 aliphatic heterocycles. The van der Waals surface area contributed by atoms with Gasteiger partial charge in [-0.25, -0.2) is 0 Å². The third-order valence-corrected chi connectivity index (χ3v) is 17.6. The third kappa shape index (κ3) is 2.09. The van der Waals surface area contributed by atoms with Crippen molar-refractivity contribution < 1.29 is 47.7 Å². The predicted octanol–water partition coefficient (Wildman–Crippen LogP) is -1.75. The van der Waals surface area contributed by atoms with Crippen molar-refractivity contribution in [2.75, 3.05) is 6.66 Å². The van der Waals surface area contributed by atoms with Gasteiger partial charge < -0.3 is 24.8 Å². The summed E-state index contributed by atoms with van der Waals surface area (Å²) in [6.07, 6.45) is 11.0. The number of halogens is 2. The van der Waals surface area contributed by atoms with Crippen LogP contribution < -0.4 is 24.8 Å². The Morgan fingerprint density at radius 2 is 1.95 bits per heavy atom. The van der Waals surface area contributed by atoms with Crippen LogP contribution in [-0.4, -0.2) is 6.66 Å². The van der Waals surface area contributed by atoms with E-state index in [1.165, 1.54) is 12.0 Å². The van der Waals surface area contributed by atoms with E-state index in [0.717, 1.165) is 0 Å². The second kappa shape index (κ2) is 5.60. The zero-order valence-corrected chi connectivity index (χ0v) is 16.5. The number of hydrogen-bond donors (Lipinski definition) is 0. The molecule has 0 fully saturated rings. The van der Waals surface area contributed by atoms with Crippen LogP contribution in [-0.2, 0) is 25.8 Å². The summed E-state index contributed by atoms with van der Waals surface area (Å²) < 4.78 is 2.42. The van der Waals surface area contributed by atoms with Gasteiger partial charge in [0.1, 0.15) is 0 Å². The Hall–Kier alpha value is 0.320. The van der Waals surface area contributed by atoms with Crippen molar-refractivity contribution in [3.05, 3.63) is 62.3 Å². The third-order valence-electron chi connectivity index (χ3n) is 4.01. The fourth-order valence-electron chi connectivity index (χ4n) is 3.12. The SMILES string of the molecule is CP1C2=[C](CC=C2)[Hf+2][C]12C=Cc1ccccc12.[Cl-].[Cl-]. The minimum Gasteiger partial charge on any atom is -1.00 e. The Labute approximate surface area is 139 Å². The van der Waals surface area contributed by atoms with Crippen molar-refractivity contribution in [3.8, 4) is 0 Å². The molecule has 0 radical (unpaired) electrons. The molecular formula is C15H13Cl2HfP. The van der Waals surface area contributed by atoms with Gasteiger partial charge in [0.15, 0.2) is 0 Å². The van der Waals surface area contributed by atoms with E-state index >= 15 is 0 Å². The molecule has 96 valence electrons. The average molecular weight is 474 g/mol. The normalized spacial score (nSPS) is 28.4. The molecule has 0 N–H and O–H groups in total. The quantitative estimate of drug-likeness (QED) is 0.310. The first kappa shape index (κ1) is 15.7. The molecule has 0 saturated carbocycles. The topological polar surface area (TPSA) is 0 Å². The molecule has 19 heavy (non-hydrogen) atoms. The second-order valence-corrected chi connectivity index (χ2v) is 14.6. The van der Waals surface area contributed by atoms with E-state index in [2.05, 4.69) is 55.2 Å². The maximum Gasteiger partial charge on any atom is -1.00 e. The van der Waals surface area contributed by atoms with Crippen LogP contribution in [0.15, 0.2) is 51.1 Å². The zero-order valence-electron chi connectivity index (χ0n) is 10.5. The Bertz CT molecular complexity index is 606. The van der Waals surface area contributed by atoms with Gasteiger partial charge in [0.25, 0.3) is 0 Å². The molecule has 0 saturated heterocycles. The standard InChI is InChI=1S/C15H13P.2ClH.Hf/c1-16(13-7-3-4-8-13)15-11-10-12-6-2-5-9-14(12)15;;;/h2-3,5-7,9-11H,4H2,1H3;2*1H;/q;;;+2/p-2. The van der Waals surface area contributed by atoms with Crippen molar-refractivity contribution in [1.29, 1.82) is 0 Å². The van der Waals surface area contributed by atoms with Gasteiger partial charge in [-0.2, -0.15) is 0 Å². The van der Waals surface area contributed by atoms with E-state index in [-0.39, 0.29) is 32.7 Å². The molecule has 0 amide bonds. The predicted molar refractivity (Wildman–Crippen MR) is 70.8 cm³/mol. The van der Waals surface area contributed by atoms with E-state index < -0.39 is 22.9 Å². The molecule has 4 heteroatoms. The Balaban J connectivity index is 0.000000667. The van der Waals surface area contributed by atoms with Crippen LogP contribution in [0.3, 0.4) is 0 Å². The van der Waals surface area contributed by atoms with Crippen LogP contribution >= 0.6 is 7.92 Å². The number of benzene rings is 1. The van der Waals surface area contributed by atoms with Crippen LogP contribution in [0, 0.1) is 0 Å². The zero-order chi connectivity index (χ0) is 11.5. The maximum atomic E-state index is 2.57. The largest absolute Gasteiger partial charge is 1.00 e. The summed E-state index contributed by atoms with van der Waals surface area (Å²) in [5, 5.41) is 1.75. The Morgan fingerprint density at radius 1 is 1.16 bits per heavy atom. The van der Waals surface area contributed by atoms with Crippen LogP contribution in [0.2, 0.25) is 0 Å². The van der Waals surface area contributed by atoms with Gasteiger partial charge >= 0.3 is 115 Å². The molecule has 2 aliphatic carbocycles. The monoisotopic (exact) mass is 474 g/mol. The van der Waals surface area contributed by atoms with Crippen LogP contribution in [0.25, 0.3) is 6.08 Å². The molecule has 0 bridgehead atoms. The van der Waals surface area contributed by atoms with E-state index in [1.807, 2.05) is 3.33 Å². The summed E-state index contributed by atoms with van der Waals surface area (Å²) in [4.78, 5) is 0. The molecule has 1 aromatic carbocycles. The van der Waals surface area contributed by atoms with E-state index in [1.54, 1.807) is 10.9 Å². The Kier molecular flexibility index (Phi) is 4.63. The molecule has 2 atom stereocenters. The number of rotatable bonds is 0. The summed E-state index contributed by atoms with van der Waals surface area (Å²) in [5.41, 5.74) is 3.14. The van der Waals surface area contributed by atoms with Gasteiger partial charge in [0.2, 0.25) is 0 Å². The van der Waals surface area contributed by atoms with Crippen molar-refractivity contribution in [2.45, 2.75) is 9.33 Å². The molecule has 1 aromatic rings. The first-order valence-electron chi connectivity index (χ1n) is 6.02. The van der Waals surface area contributed by atoms with Crippen molar-refractivity contribution in [2.24, 2.45) is 0 Å². The van der Waals surface area contributed by atoms with E-state index in [9.17, 15) is 0 Å². The summed E-state index contributed by atoms with van der Waals surface area (Å²) >= 11 is -0.719. The van der Waals surface area contributed by atoms with Gasteiger partial charge in [-0.15, -0.1) is 0 Å². The number of hydrogen-bond acceptors (Lipinski definition) is 0. The van der Waals surface area contributed by atoms with Gasteiger partial charge in [-0.3, -0.25) is 0 Å². The van der Waals surface area contributed by atoms with Gasteiger partial charge in [-0.1, -0.05) is 0 Å². The van der Waals surface area contributed by atoms with Crippen LogP contribution in [0.4, 0.5) is 0 Å². The average Bonchev–Trinajstić information content (AvgIpc) is 3.00. The smallest absolute Gasteiger partial charge is 1.00 e. The molecular weight excluding hydrogens is 461 g/mol. The van der Waals surface area contributed by atoms with Crippen molar-refractivity contribution >= 4 is 14.0 Å². The fraction of sp³-hybridized carbons (Fsp3) is 0.200. The van der Waals surface area contributed by atoms with E-state index in [4.69, 9.17) is 0 Å². The maximum absolute atomic E-state index is 2.57. The summed E-state index contributed by atoms with van der Waals surface area (Å²) in [6.45, 7) is 2.51. The Morgan fingerprint density at radius 3 is 2.74 bits per heavy atom. The minimum absolute atomic E-state index is 0. The summed E-state index contributed by atoms with van der Waals surface area (Å²) in [5.74, 6) is 0. The molecule has 4 rings (SSSR count). The van der Waals surface area contributed by atoms with Gasteiger partial charge in [0, 0.05) is 0 Å². The van der Waals surface area contributed by atoms with Gasteiger partial charge in [-0.05, 0) is 0 Å². The number of fused-ring (bicyclic) bond motifs is 2. The summed E-state index contributed by atoms with van der Waals surface area (Å²) in [7, 11) is 0.0150. The van der Waals surface area contributed by atoms with Crippen LogP contribution in [0.1, 0.15) is 17.5 Å². The molecule has 1 spiro atoms. The van der Waals surface area contributed by atoms with Crippen LogP contribution in [0.5, 0.6) is 0 Å². The summed E-state index contributed by atoms with van der Waals surface area (Å²) in [6, 6.07) is 9.06. The van der Waals surface area contributed by atoms with Crippen molar-refractivity contribution in [1.82, 2.24) is 0 Å². The molecule has 1 heterocycles. The number of allylic oxidation sites excluding steroid dienone is 5.